The van der Waals surface area contributed by atoms with E-state index in [9.17, 15) is 0 Å². The molecule has 0 bridgehead atoms. The zero-order valence-corrected chi connectivity index (χ0v) is 12.8. The summed E-state index contributed by atoms with van der Waals surface area (Å²) in [5.41, 5.74) is 2.69. The third-order valence-corrected chi connectivity index (χ3v) is 3.34. The fourth-order valence-electron chi connectivity index (χ4n) is 2.18. The summed E-state index contributed by atoms with van der Waals surface area (Å²) >= 11 is 0. The lowest BCUT2D eigenvalue weighted by Gasteiger charge is -2.14. The molecule has 0 unspecified atom stereocenters. The predicted octanol–water partition coefficient (Wildman–Crippen LogP) is 1.89. The van der Waals surface area contributed by atoms with Crippen molar-refractivity contribution >= 4 is 5.69 Å². The predicted molar refractivity (Wildman–Crippen MR) is 84.3 cm³/mol. The van der Waals surface area contributed by atoms with Crippen molar-refractivity contribution in [2.45, 2.75) is 6.54 Å². The van der Waals surface area contributed by atoms with Gasteiger partial charge < -0.3 is 14.8 Å². The van der Waals surface area contributed by atoms with Crippen LogP contribution in [0.25, 0.3) is 11.4 Å². The number of ether oxygens (including phenoxy) is 2. The van der Waals surface area contributed by atoms with Gasteiger partial charge in [-0.25, -0.2) is 0 Å². The lowest BCUT2D eigenvalue weighted by Crippen LogP contribution is -2.03. The molecule has 8 nitrogen and oxygen atoms in total. The van der Waals surface area contributed by atoms with Crippen LogP contribution < -0.4 is 14.8 Å². The van der Waals surface area contributed by atoms with Crippen molar-refractivity contribution in [3.05, 3.63) is 42.2 Å². The highest BCUT2D eigenvalue weighted by Gasteiger charge is 2.15. The van der Waals surface area contributed by atoms with Crippen molar-refractivity contribution in [1.29, 1.82) is 0 Å². The molecule has 0 saturated carbocycles. The largest absolute Gasteiger partial charge is 0.493 e. The number of rotatable bonds is 6. The molecule has 0 aliphatic heterocycles. The molecule has 3 aromatic rings. The molecule has 2 heterocycles. The molecule has 8 heteroatoms. The molecule has 0 radical (unpaired) electrons. The van der Waals surface area contributed by atoms with Crippen molar-refractivity contribution in [2.75, 3.05) is 19.5 Å². The molecule has 118 valence electrons. The van der Waals surface area contributed by atoms with Gasteiger partial charge in [0.05, 0.1) is 19.8 Å². The summed E-state index contributed by atoms with van der Waals surface area (Å²) in [5.74, 6) is 1.70. The second-order valence-electron chi connectivity index (χ2n) is 4.70. The fraction of sp³-hybridized carbons (Fsp3) is 0.200. The van der Waals surface area contributed by atoms with E-state index < -0.39 is 0 Å². The Balaban J connectivity index is 1.96. The Labute approximate surface area is 132 Å². The van der Waals surface area contributed by atoms with Gasteiger partial charge in [0.15, 0.2) is 11.5 Å². The number of tetrazole rings is 1. The van der Waals surface area contributed by atoms with E-state index in [2.05, 4.69) is 30.9 Å². The summed E-state index contributed by atoms with van der Waals surface area (Å²) in [7, 11) is 3.18. The van der Waals surface area contributed by atoms with E-state index in [4.69, 9.17) is 9.47 Å². The Kier molecular flexibility index (Phi) is 4.32. The Morgan fingerprint density at radius 3 is 2.48 bits per heavy atom. The molecule has 0 aliphatic carbocycles. The van der Waals surface area contributed by atoms with E-state index in [1.165, 1.54) is 0 Å². The summed E-state index contributed by atoms with van der Waals surface area (Å²) in [4.78, 5) is 4.01. The van der Waals surface area contributed by atoms with Crippen molar-refractivity contribution in [1.82, 2.24) is 25.6 Å². The highest BCUT2D eigenvalue weighted by Crippen LogP contribution is 2.37. The number of hydrogen-bond acceptors (Lipinski definition) is 7. The number of H-pyrrole nitrogens is 1. The van der Waals surface area contributed by atoms with Gasteiger partial charge in [-0.15, -0.1) is 10.2 Å². The zero-order chi connectivity index (χ0) is 16.1. The number of aromatic amines is 1. The third kappa shape index (κ3) is 3.20. The molecular weight excluding hydrogens is 296 g/mol. The molecule has 3 rings (SSSR count). The monoisotopic (exact) mass is 312 g/mol. The Hall–Kier alpha value is -3.16. The summed E-state index contributed by atoms with van der Waals surface area (Å²) in [6.45, 7) is 0.628. The Morgan fingerprint density at radius 2 is 1.83 bits per heavy atom. The van der Waals surface area contributed by atoms with Gasteiger partial charge in [-0.2, -0.15) is 5.21 Å². The smallest absolute Gasteiger partial charge is 0.206 e. The van der Waals surface area contributed by atoms with Gasteiger partial charge in [0.2, 0.25) is 5.82 Å². The molecule has 0 fully saturated rings. The zero-order valence-electron chi connectivity index (χ0n) is 12.8. The summed E-state index contributed by atoms with van der Waals surface area (Å²) in [6, 6.07) is 7.56. The molecule has 2 N–H and O–H groups in total. The quantitative estimate of drug-likeness (QED) is 0.717. The molecule has 1 aromatic carbocycles. The minimum Gasteiger partial charge on any atom is -0.493 e. The normalized spacial score (nSPS) is 10.3. The minimum absolute atomic E-state index is 0.475. The number of hydrogen-bond donors (Lipinski definition) is 2. The van der Waals surface area contributed by atoms with Gasteiger partial charge in [-0.1, -0.05) is 0 Å². The van der Waals surface area contributed by atoms with Crippen LogP contribution in [0.5, 0.6) is 11.5 Å². The first-order chi connectivity index (χ1) is 11.3. The summed E-state index contributed by atoms with van der Waals surface area (Å²) < 4.78 is 10.7. The highest BCUT2D eigenvalue weighted by atomic mass is 16.5. The first kappa shape index (κ1) is 14.8. The summed E-state index contributed by atoms with van der Waals surface area (Å²) in [5, 5.41) is 17.5. The van der Waals surface area contributed by atoms with E-state index in [1.807, 2.05) is 24.3 Å². The van der Waals surface area contributed by atoms with E-state index in [1.54, 1.807) is 26.6 Å². The van der Waals surface area contributed by atoms with Crippen LogP contribution in [0, 0.1) is 0 Å². The maximum atomic E-state index is 5.36. The number of anilines is 1. The van der Waals surface area contributed by atoms with Gasteiger partial charge >= 0.3 is 0 Å². The maximum absolute atomic E-state index is 5.36. The number of nitrogens with zero attached hydrogens (tertiary/aromatic N) is 4. The molecule has 0 atom stereocenters. The number of pyridine rings is 1. The van der Waals surface area contributed by atoms with Crippen molar-refractivity contribution in [3.63, 3.8) is 0 Å². The molecule has 0 amide bonds. The Bertz CT molecular complexity index is 761. The molecule has 2 aromatic heterocycles. The first-order valence-corrected chi connectivity index (χ1v) is 6.94. The van der Waals surface area contributed by atoms with Crippen LogP contribution in [0.2, 0.25) is 0 Å². The number of methoxy groups -OCH3 is 2. The van der Waals surface area contributed by atoms with E-state index in [0.717, 1.165) is 16.8 Å². The van der Waals surface area contributed by atoms with Crippen LogP contribution in [0.15, 0.2) is 36.7 Å². The molecular formula is C15H16N6O2. The van der Waals surface area contributed by atoms with Gasteiger partial charge in [-0.3, -0.25) is 4.98 Å². The SMILES string of the molecule is COc1cc(NCc2ccncc2)c(-c2nn[nH]n2)cc1OC. The van der Waals surface area contributed by atoms with Crippen LogP contribution in [-0.2, 0) is 6.54 Å². The molecule has 0 saturated heterocycles. The van der Waals surface area contributed by atoms with Crippen molar-refractivity contribution in [3.8, 4) is 22.9 Å². The van der Waals surface area contributed by atoms with E-state index in [0.29, 0.717) is 23.9 Å². The highest BCUT2D eigenvalue weighted by molar-refractivity contribution is 5.77. The lowest BCUT2D eigenvalue weighted by molar-refractivity contribution is 0.355. The van der Waals surface area contributed by atoms with Crippen LogP contribution >= 0.6 is 0 Å². The molecule has 0 aliphatic rings. The number of benzene rings is 1. The number of aromatic nitrogens is 5. The first-order valence-electron chi connectivity index (χ1n) is 6.94. The Morgan fingerprint density at radius 1 is 1.09 bits per heavy atom. The van der Waals surface area contributed by atoms with E-state index in [-0.39, 0.29) is 0 Å². The van der Waals surface area contributed by atoms with Crippen molar-refractivity contribution < 1.29 is 9.47 Å². The van der Waals surface area contributed by atoms with Crippen molar-refractivity contribution in [2.24, 2.45) is 0 Å². The van der Waals surface area contributed by atoms with Crippen LogP contribution in [-0.4, -0.2) is 39.8 Å². The third-order valence-electron chi connectivity index (χ3n) is 3.34. The molecule has 0 spiro atoms. The topological polar surface area (TPSA) is 97.8 Å². The second-order valence-corrected chi connectivity index (χ2v) is 4.70. The minimum atomic E-state index is 0.475. The second kappa shape index (κ2) is 6.73. The van der Waals surface area contributed by atoms with Crippen LogP contribution in [0.1, 0.15) is 5.56 Å². The fourth-order valence-corrected chi connectivity index (χ4v) is 2.18. The van der Waals surface area contributed by atoms with Crippen LogP contribution in [0.3, 0.4) is 0 Å². The summed E-state index contributed by atoms with van der Waals surface area (Å²) in [6.07, 6.45) is 3.51. The van der Waals surface area contributed by atoms with Gasteiger partial charge in [0.1, 0.15) is 0 Å². The maximum Gasteiger partial charge on any atom is 0.206 e. The lowest BCUT2D eigenvalue weighted by atomic mass is 10.1. The van der Waals surface area contributed by atoms with Crippen LogP contribution in [0.4, 0.5) is 5.69 Å². The average Bonchev–Trinajstić information content (AvgIpc) is 3.14. The van der Waals surface area contributed by atoms with E-state index >= 15 is 0 Å². The standard InChI is InChI=1S/C15H16N6O2/c1-22-13-7-11(15-18-20-21-19-15)12(8-14(13)23-2)17-9-10-3-5-16-6-4-10/h3-8,17H,9H2,1-2H3,(H,18,19,20,21). The van der Waals surface area contributed by atoms with Gasteiger partial charge in [0, 0.05) is 30.7 Å². The van der Waals surface area contributed by atoms with Gasteiger partial charge in [-0.05, 0) is 29.0 Å². The molecule has 23 heavy (non-hydrogen) atoms. The average molecular weight is 312 g/mol. The van der Waals surface area contributed by atoms with Gasteiger partial charge in [0.25, 0.3) is 0 Å². The number of nitrogens with one attached hydrogen (secondary N) is 2.